The van der Waals surface area contributed by atoms with Crippen LogP contribution in [0.25, 0.3) is 0 Å². The fourth-order valence-electron chi connectivity index (χ4n) is 3.08. The summed E-state index contributed by atoms with van der Waals surface area (Å²) < 4.78 is 5.25. The molecule has 0 bridgehead atoms. The van der Waals surface area contributed by atoms with E-state index in [0.29, 0.717) is 11.3 Å². The van der Waals surface area contributed by atoms with E-state index in [0.717, 1.165) is 25.7 Å². The van der Waals surface area contributed by atoms with Gasteiger partial charge in [-0.3, -0.25) is 15.0 Å². The van der Waals surface area contributed by atoms with E-state index in [1.165, 1.54) is 18.5 Å². The predicted molar refractivity (Wildman–Crippen MR) is 93.6 cm³/mol. The number of hydrogen-bond acceptors (Lipinski definition) is 3. The maximum Gasteiger partial charge on any atom is 0.273 e. The van der Waals surface area contributed by atoms with Crippen molar-refractivity contribution < 1.29 is 14.3 Å². The van der Waals surface area contributed by atoms with Gasteiger partial charge in [0, 0.05) is 5.92 Å². The highest BCUT2D eigenvalue weighted by molar-refractivity contribution is 5.98. The van der Waals surface area contributed by atoms with Gasteiger partial charge < -0.3 is 4.74 Å². The molecule has 1 aromatic carbocycles. The van der Waals surface area contributed by atoms with Crippen LogP contribution in [-0.4, -0.2) is 29.5 Å². The van der Waals surface area contributed by atoms with Crippen molar-refractivity contribution in [2.75, 3.05) is 7.11 Å². The zero-order valence-corrected chi connectivity index (χ0v) is 15.1. The van der Waals surface area contributed by atoms with E-state index >= 15 is 0 Å². The highest BCUT2D eigenvalue weighted by Crippen LogP contribution is 2.27. The number of benzene rings is 1. The Labute approximate surface area is 144 Å². The van der Waals surface area contributed by atoms with Crippen LogP contribution >= 0.6 is 0 Å². The topological polar surface area (TPSA) is 58.6 Å². The molecule has 1 fully saturated rings. The Bertz CT molecular complexity index is 587. The SMILES string of the molecule is COc1ccccc1C(=O)NN(C(=O)C1CCCCC1)C(C)(C)C. The van der Waals surface area contributed by atoms with Gasteiger partial charge in [0.15, 0.2) is 0 Å². The number of nitrogens with zero attached hydrogens (tertiary/aromatic N) is 1. The highest BCUT2D eigenvalue weighted by Gasteiger charge is 2.34. The number of ether oxygens (including phenoxy) is 1. The van der Waals surface area contributed by atoms with Crippen LogP contribution in [0.1, 0.15) is 63.2 Å². The van der Waals surface area contributed by atoms with E-state index in [1.807, 2.05) is 26.8 Å². The van der Waals surface area contributed by atoms with Gasteiger partial charge >= 0.3 is 0 Å². The number of hydrazine groups is 1. The number of rotatable bonds is 3. The smallest absolute Gasteiger partial charge is 0.273 e. The van der Waals surface area contributed by atoms with Crippen molar-refractivity contribution in [1.29, 1.82) is 0 Å². The standard InChI is InChI=1S/C19H28N2O3/c1-19(2,3)21(18(23)14-10-6-5-7-11-14)20-17(22)15-12-8-9-13-16(15)24-4/h8-9,12-14H,5-7,10-11H2,1-4H3,(H,20,22). The van der Waals surface area contributed by atoms with Gasteiger partial charge in [-0.25, -0.2) is 5.01 Å². The first-order valence-corrected chi connectivity index (χ1v) is 8.62. The summed E-state index contributed by atoms with van der Waals surface area (Å²) in [6.07, 6.45) is 5.14. The summed E-state index contributed by atoms with van der Waals surface area (Å²) in [6.45, 7) is 5.78. The molecule has 0 aliphatic heterocycles. The summed E-state index contributed by atoms with van der Waals surface area (Å²) in [5, 5.41) is 1.50. The average Bonchev–Trinajstić information content (AvgIpc) is 2.58. The van der Waals surface area contributed by atoms with Gasteiger partial charge in [0.25, 0.3) is 5.91 Å². The zero-order chi connectivity index (χ0) is 17.7. The Morgan fingerprint density at radius 2 is 1.75 bits per heavy atom. The van der Waals surface area contributed by atoms with Crippen LogP contribution in [0.5, 0.6) is 5.75 Å². The van der Waals surface area contributed by atoms with Gasteiger partial charge in [0.05, 0.1) is 18.2 Å². The number of hydrogen-bond donors (Lipinski definition) is 1. The fourth-order valence-corrected chi connectivity index (χ4v) is 3.08. The molecule has 0 spiro atoms. The molecular formula is C19H28N2O3. The predicted octanol–water partition coefficient (Wildman–Crippen LogP) is 3.55. The molecule has 1 aromatic rings. The fraction of sp³-hybridized carbons (Fsp3) is 0.579. The summed E-state index contributed by atoms with van der Waals surface area (Å²) in [7, 11) is 1.53. The molecule has 0 unspecified atom stereocenters. The third-order valence-corrected chi connectivity index (χ3v) is 4.41. The molecule has 2 amide bonds. The van der Waals surface area contributed by atoms with Crippen molar-refractivity contribution in [3.8, 4) is 5.75 Å². The summed E-state index contributed by atoms with van der Waals surface area (Å²) in [5.74, 6) is 0.168. The van der Waals surface area contributed by atoms with E-state index in [1.54, 1.807) is 18.2 Å². The molecule has 5 nitrogen and oxygen atoms in total. The highest BCUT2D eigenvalue weighted by atomic mass is 16.5. The average molecular weight is 332 g/mol. The van der Waals surface area contributed by atoms with Crippen molar-refractivity contribution in [3.05, 3.63) is 29.8 Å². The summed E-state index contributed by atoms with van der Waals surface area (Å²) >= 11 is 0. The van der Waals surface area contributed by atoms with E-state index < -0.39 is 5.54 Å². The van der Waals surface area contributed by atoms with Gasteiger partial charge in [-0.2, -0.15) is 0 Å². The van der Waals surface area contributed by atoms with Crippen molar-refractivity contribution in [2.45, 2.75) is 58.4 Å². The van der Waals surface area contributed by atoms with Crippen LogP contribution in [-0.2, 0) is 4.79 Å². The molecule has 0 radical (unpaired) electrons. The Morgan fingerprint density at radius 1 is 1.12 bits per heavy atom. The largest absolute Gasteiger partial charge is 0.496 e. The monoisotopic (exact) mass is 332 g/mol. The Balaban J connectivity index is 2.19. The zero-order valence-electron chi connectivity index (χ0n) is 15.1. The van der Waals surface area contributed by atoms with Crippen LogP contribution in [0.3, 0.4) is 0 Å². The number of nitrogens with one attached hydrogen (secondary N) is 1. The lowest BCUT2D eigenvalue weighted by Crippen LogP contribution is -2.57. The summed E-state index contributed by atoms with van der Waals surface area (Å²) in [4.78, 5) is 25.6. The Hall–Kier alpha value is -2.04. The van der Waals surface area contributed by atoms with Crippen LogP contribution < -0.4 is 10.2 Å². The van der Waals surface area contributed by atoms with E-state index in [9.17, 15) is 9.59 Å². The minimum Gasteiger partial charge on any atom is -0.496 e. The second kappa shape index (κ2) is 7.69. The Kier molecular flexibility index (Phi) is 5.86. The lowest BCUT2D eigenvalue weighted by atomic mass is 9.87. The molecule has 5 heteroatoms. The minimum atomic E-state index is -0.494. The number of amides is 2. The van der Waals surface area contributed by atoms with E-state index in [4.69, 9.17) is 4.74 Å². The van der Waals surface area contributed by atoms with Crippen molar-refractivity contribution >= 4 is 11.8 Å². The van der Waals surface area contributed by atoms with Gasteiger partial charge in [-0.05, 0) is 45.7 Å². The third kappa shape index (κ3) is 4.28. The van der Waals surface area contributed by atoms with Crippen LogP contribution in [0, 0.1) is 5.92 Å². The molecule has 132 valence electrons. The molecule has 1 saturated carbocycles. The summed E-state index contributed by atoms with van der Waals surface area (Å²) in [6, 6.07) is 7.02. The molecule has 0 aromatic heterocycles. The Morgan fingerprint density at radius 3 is 2.33 bits per heavy atom. The van der Waals surface area contributed by atoms with Gasteiger partial charge in [0.1, 0.15) is 5.75 Å². The first kappa shape index (κ1) is 18.3. The van der Waals surface area contributed by atoms with E-state index in [2.05, 4.69) is 5.43 Å². The molecule has 0 saturated heterocycles. The van der Waals surface area contributed by atoms with Crippen LogP contribution in [0.2, 0.25) is 0 Å². The first-order chi connectivity index (χ1) is 11.3. The summed E-state index contributed by atoms with van der Waals surface area (Å²) in [5.41, 5.74) is 2.74. The maximum atomic E-state index is 12.9. The number of carbonyl (C=O) groups excluding carboxylic acids is 2. The van der Waals surface area contributed by atoms with Gasteiger partial charge in [-0.1, -0.05) is 31.4 Å². The van der Waals surface area contributed by atoms with Crippen molar-refractivity contribution in [1.82, 2.24) is 10.4 Å². The minimum absolute atomic E-state index is 0.00376. The number of carbonyl (C=O) groups is 2. The molecule has 1 aliphatic rings. The van der Waals surface area contributed by atoms with E-state index in [-0.39, 0.29) is 17.7 Å². The van der Waals surface area contributed by atoms with Gasteiger partial charge in [0.2, 0.25) is 5.91 Å². The molecule has 0 heterocycles. The van der Waals surface area contributed by atoms with Crippen LogP contribution in [0.15, 0.2) is 24.3 Å². The molecule has 1 N–H and O–H groups in total. The second-order valence-electron chi connectivity index (χ2n) is 7.32. The van der Waals surface area contributed by atoms with Gasteiger partial charge in [-0.15, -0.1) is 0 Å². The third-order valence-electron chi connectivity index (χ3n) is 4.41. The molecular weight excluding hydrogens is 304 g/mol. The second-order valence-corrected chi connectivity index (χ2v) is 7.32. The maximum absolute atomic E-state index is 12.9. The molecule has 2 rings (SSSR count). The number of para-hydroxylation sites is 1. The molecule has 24 heavy (non-hydrogen) atoms. The number of methoxy groups -OCH3 is 1. The quantitative estimate of drug-likeness (QED) is 0.861. The molecule has 0 atom stereocenters. The molecule has 1 aliphatic carbocycles. The van der Waals surface area contributed by atoms with Crippen LogP contribution in [0.4, 0.5) is 0 Å². The van der Waals surface area contributed by atoms with Crippen molar-refractivity contribution in [2.24, 2.45) is 5.92 Å². The lowest BCUT2D eigenvalue weighted by Gasteiger charge is -2.38. The van der Waals surface area contributed by atoms with Crippen molar-refractivity contribution in [3.63, 3.8) is 0 Å². The first-order valence-electron chi connectivity index (χ1n) is 8.62. The normalized spacial score (nSPS) is 15.7. The lowest BCUT2D eigenvalue weighted by molar-refractivity contribution is -0.145.